The fourth-order valence-corrected chi connectivity index (χ4v) is 5.15. The fraction of sp³-hybridized carbons (Fsp3) is 0.474. The minimum Gasteiger partial charge on any atom is -0.423 e. The van der Waals surface area contributed by atoms with Gasteiger partial charge in [0.05, 0.1) is 14.6 Å². The molecule has 1 saturated carbocycles. The van der Waals surface area contributed by atoms with Crippen LogP contribution in [0.1, 0.15) is 69.0 Å². The molecule has 146 valence electrons. The van der Waals surface area contributed by atoms with Gasteiger partial charge in [0.1, 0.15) is 17.9 Å². The third-order valence-corrected chi connectivity index (χ3v) is 6.55. The lowest BCUT2D eigenvalue weighted by Crippen LogP contribution is -2.28. The van der Waals surface area contributed by atoms with Gasteiger partial charge in [0.25, 0.3) is 5.56 Å². The third-order valence-electron chi connectivity index (χ3n) is 5.35. The molecule has 0 radical (unpaired) electrons. The maximum Gasteiger partial charge on any atom is 0.291 e. The Balaban J connectivity index is 1.59. The molecule has 4 aromatic rings. The van der Waals surface area contributed by atoms with E-state index in [1.807, 2.05) is 16.5 Å². The lowest BCUT2D eigenvalue weighted by molar-refractivity contribution is 0.397. The summed E-state index contributed by atoms with van der Waals surface area (Å²) in [6.45, 7) is 4.29. The standard InChI is InChI=1S/C19H20ClN5O2S/c1-10(2)17-23-24(9-16-21-22-18(27-16)11-5-3-4-6-11)19(26)13-7-14-12(25(13)17)8-15(20)28-14/h7-8,10-11H,3-6,9H2,1-2H3. The highest BCUT2D eigenvalue weighted by molar-refractivity contribution is 7.22. The third kappa shape index (κ3) is 2.86. The van der Waals surface area contributed by atoms with E-state index < -0.39 is 0 Å². The second-order valence-electron chi connectivity index (χ2n) is 7.66. The quantitative estimate of drug-likeness (QED) is 0.485. The Morgan fingerprint density at radius 3 is 2.79 bits per heavy atom. The smallest absolute Gasteiger partial charge is 0.291 e. The van der Waals surface area contributed by atoms with Crippen LogP contribution in [0.15, 0.2) is 21.3 Å². The lowest BCUT2D eigenvalue weighted by atomic mass is 10.1. The topological polar surface area (TPSA) is 78.2 Å². The zero-order valence-electron chi connectivity index (χ0n) is 15.7. The number of nitrogens with zero attached hydrogens (tertiary/aromatic N) is 5. The number of fused-ring (bicyclic) bond motifs is 3. The fourth-order valence-electron chi connectivity index (χ4n) is 3.99. The first-order valence-corrected chi connectivity index (χ1v) is 10.7. The number of hydrogen-bond acceptors (Lipinski definition) is 6. The summed E-state index contributed by atoms with van der Waals surface area (Å²) in [5.41, 5.74) is 1.34. The van der Waals surface area contributed by atoms with E-state index >= 15 is 0 Å². The van der Waals surface area contributed by atoms with E-state index in [0.717, 1.165) is 28.9 Å². The highest BCUT2D eigenvalue weighted by Gasteiger charge is 2.24. The van der Waals surface area contributed by atoms with Gasteiger partial charge in [-0.1, -0.05) is 38.3 Å². The van der Waals surface area contributed by atoms with E-state index in [9.17, 15) is 4.79 Å². The Morgan fingerprint density at radius 2 is 2.04 bits per heavy atom. The van der Waals surface area contributed by atoms with E-state index in [0.29, 0.717) is 27.6 Å². The van der Waals surface area contributed by atoms with Crippen molar-refractivity contribution in [3.05, 3.63) is 44.4 Å². The van der Waals surface area contributed by atoms with Crippen LogP contribution >= 0.6 is 22.9 Å². The second-order valence-corrected chi connectivity index (χ2v) is 9.37. The monoisotopic (exact) mass is 417 g/mol. The molecule has 0 amide bonds. The molecule has 28 heavy (non-hydrogen) atoms. The van der Waals surface area contributed by atoms with Gasteiger partial charge < -0.3 is 4.42 Å². The molecule has 0 atom stereocenters. The molecular formula is C19H20ClN5O2S. The van der Waals surface area contributed by atoms with Gasteiger partial charge in [-0.2, -0.15) is 5.10 Å². The van der Waals surface area contributed by atoms with E-state index in [1.165, 1.54) is 28.9 Å². The SMILES string of the molecule is CC(C)c1nn(Cc2nnc(C3CCCC3)o2)c(=O)c2cc3sc(Cl)cc3n12. The first-order valence-electron chi connectivity index (χ1n) is 9.55. The maximum absolute atomic E-state index is 13.1. The average molecular weight is 418 g/mol. The molecule has 7 nitrogen and oxygen atoms in total. The van der Waals surface area contributed by atoms with Crippen LogP contribution in [-0.2, 0) is 6.54 Å². The number of thiophene rings is 1. The van der Waals surface area contributed by atoms with Gasteiger partial charge >= 0.3 is 0 Å². The van der Waals surface area contributed by atoms with Crippen LogP contribution in [0.4, 0.5) is 0 Å². The summed E-state index contributed by atoms with van der Waals surface area (Å²) in [6.07, 6.45) is 4.58. The molecule has 1 fully saturated rings. The van der Waals surface area contributed by atoms with E-state index in [1.54, 1.807) is 0 Å². The van der Waals surface area contributed by atoms with E-state index in [-0.39, 0.29) is 18.0 Å². The molecule has 1 aliphatic rings. The van der Waals surface area contributed by atoms with Crippen LogP contribution < -0.4 is 5.56 Å². The minimum absolute atomic E-state index is 0.125. The second kappa shape index (κ2) is 6.70. The summed E-state index contributed by atoms with van der Waals surface area (Å²) in [5, 5.41) is 13.0. The Kier molecular flexibility index (Phi) is 4.28. The van der Waals surface area contributed by atoms with Gasteiger partial charge in [0.2, 0.25) is 11.8 Å². The normalized spacial score (nSPS) is 15.6. The number of rotatable bonds is 4. The molecule has 4 heterocycles. The highest BCUT2D eigenvalue weighted by Crippen LogP contribution is 2.34. The van der Waals surface area contributed by atoms with Crippen molar-refractivity contribution >= 4 is 38.7 Å². The van der Waals surface area contributed by atoms with Crippen molar-refractivity contribution in [3.8, 4) is 0 Å². The van der Waals surface area contributed by atoms with Gasteiger partial charge in [-0.3, -0.25) is 9.20 Å². The Bertz CT molecular complexity index is 1230. The molecule has 9 heteroatoms. The molecule has 0 bridgehead atoms. The van der Waals surface area contributed by atoms with Gasteiger partial charge in [-0.05, 0) is 25.0 Å². The summed E-state index contributed by atoms with van der Waals surface area (Å²) < 4.78 is 10.9. The van der Waals surface area contributed by atoms with Crippen molar-refractivity contribution in [2.75, 3.05) is 0 Å². The van der Waals surface area contributed by atoms with Gasteiger partial charge in [0, 0.05) is 11.8 Å². The predicted molar refractivity (Wildman–Crippen MR) is 109 cm³/mol. The molecule has 0 aliphatic heterocycles. The number of halogens is 1. The lowest BCUT2D eigenvalue weighted by Gasteiger charge is -2.12. The molecule has 0 unspecified atom stereocenters. The predicted octanol–water partition coefficient (Wildman–Crippen LogP) is 4.58. The van der Waals surface area contributed by atoms with Crippen molar-refractivity contribution < 1.29 is 4.42 Å². The first kappa shape index (κ1) is 17.9. The molecule has 0 N–H and O–H groups in total. The van der Waals surface area contributed by atoms with Crippen LogP contribution in [0.2, 0.25) is 4.34 Å². The average Bonchev–Trinajstić information content (AvgIpc) is 3.40. The van der Waals surface area contributed by atoms with Gasteiger partial charge in [0.15, 0.2) is 0 Å². The summed E-state index contributed by atoms with van der Waals surface area (Å²) in [6, 6.07) is 3.77. The molecule has 4 aromatic heterocycles. The summed E-state index contributed by atoms with van der Waals surface area (Å²) in [4.78, 5) is 13.1. The summed E-state index contributed by atoms with van der Waals surface area (Å²) >= 11 is 7.63. The first-order chi connectivity index (χ1) is 13.5. The van der Waals surface area contributed by atoms with Crippen LogP contribution in [0, 0.1) is 0 Å². The zero-order chi connectivity index (χ0) is 19.4. The van der Waals surface area contributed by atoms with Crippen molar-refractivity contribution in [2.45, 2.75) is 57.9 Å². The maximum atomic E-state index is 13.1. The van der Waals surface area contributed by atoms with Crippen molar-refractivity contribution in [2.24, 2.45) is 0 Å². The molecular weight excluding hydrogens is 398 g/mol. The van der Waals surface area contributed by atoms with E-state index in [4.69, 9.17) is 16.0 Å². The number of hydrogen-bond donors (Lipinski definition) is 0. The summed E-state index contributed by atoms with van der Waals surface area (Å²) in [5.74, 6) is 2.38. The molecule has 1 aliphatic carbocycles. The van der Waals surface area contributed by atoms with Crippen molar-refractivity contribution in [3.63, 3.8) is 0 Å². The van der Waals surface area contributed by atoms with Crippen LogP contribution in [0.5, 0.6) is 0 Å². The highest BCUT2D eigenvalue weighted by atomic mass is 35.5. The van der Waals surface area contributed by atoms with Crippen molar-refractivity contribution in [1.82, 2.24) is 24.4 Å². The molecule has 0 spiro atoms. The van der Waals surface area contributed by atoms with Crippen LogP contribution in [-0.4, -0.2) is 24.4 Å². The Hall–Kier alpha value is -2.19. The van der Waals surface area contributed by atoms with Crippen LogP contribution in [0.3, 0.4) is 0 Å². The van der Waals surface area contributed by atoms with Gasteiger partial charge in [-0.25, -0.2) is 4.68 Å². The molecule has 0 aromatic carbocycles. The summed E-state index contributed by atoms with van der Waals surface area (Å²) in [7, 11) is 0. The molecule has 0 saturated heterocycles. The Morgan fingerprint density at radius 1 is 1.25 bits per heavy atom. The number of aromatic nitrogens is 5. The molecule has 5 rings (SSSR count). The zero-order valence-corrected chi connectivity index (χ0v) is 17.3. The Labute approximate surface area is 169 Å². The van der Waals surface area contributed by atoms with Gasteiger partial charge in [-0.15, -0.1) is 21.5 Å². The largest absolute Gasteiger partial charge is 0.423 e. The van der Waals surface area contributed by atoms with Crippen molar-refractivity contribution in [1.29, 1.82) is 0 Å². The van der Waals surface area contributed by atoms with Crippen LogP contribution in [0.25, 0.3) is 15.7 Å². The van der Waals surface area contributed by atoms with E-state index in [2.05, 4.69) is 29.1 Å². The minimum atomic E-state index is -0.176.